The second-order valence-corrected chi connectivity index (χ2v) is 5.26. The number of primary amides is 1. The van der Waals surface area contributed by atoms with Gasteiger partial charge in [-0.1, -0.05) is 29.8 Å². The molecule has 22 heavy (non-hydrogen) atoms. The van der Waals surface area contributed by atoms with Gasteiger partial charge in [0.1, 0.15) is 0 Å². The zero-order valence-electron chi connectivity index (χ0n) is 12.3. The number of nitrogens with two attached hydrogens (primary N) is 1. The standard InChI is InChI=1S/C17H17ClN2O2/c1-2-20(11-14-5-3-4-6-15(14)18)17(22)13-9-7-12(8-10-13)16(19)21/h3-10H,2,11H2,1H3,(H2,19,21). The SMILES string of the molecule is CCN(Cc1ccccc1Cl)C(=O)c1ccc(C(N)=O)cc1. The Labute approximate surface area is 134 Å². The van der Waals surface area contributed by atoms with Crippen LogP contribution in [0.25, 0.3) is 0 Å². The first-order valence-electron chi connectivity index (χ1n) is 6.95. The zero-order chi connectivity index (χ0) is 16.1. The van der Waals surface area contributed by atoms with Crippen LogP contribution in [0, 0.1) is 0 Å². The minimum Gasteiger partial charge on any atom is -0.366 e. The van der Waals surface area contributed by atoms with E-state index in [1.807, 2.05) is 25.1 Å². The molecule has 0 unspecified atom stereocenters. The summed E-state index contributed by atoms with van der Waals surface area (Å²) in [5.74, 6) is -0.624. The van der Waals surface area contributed by atoms with E-state index in [4.69, 9.17) is 17.3 Å². The normalized spacial score (nSPS) is 10.3. The minimum atomic E-state index is -0.512. The van der Waals surface area contributed by atoms with Crippen molar-refractivity contribution in [3.05, 3.63) is 70.2 Å². The molecular formula is C17H17ClN2O2. The van der Waals surface area contributed by atoms with Crippen molar-refractivity contribution < 1.29 is 9.59 Å². The third-order valence-corrected chi connectivity index (χ3v) is 3.77. The summed E-state index contributed by atoms with van der Waals surface area (Å²) in [7, 11) is 0. The summed E-state index contributed by atoms with van der Waals surface area (Å²) in [5, 5.41) is 0.637. The summed E-state index contributed by atoms with van der Waals surface area (Å²) in [6.07, 6.45) is 0. The van der Waals surface area contributed by atoms with Crippen LogP contribution in [-0.4, -0.2) is 23.3 Å². The Bertz CT molecular complexity index is 683. The average Bonchev–Trinajstić information content (AvgIpc) is 2.53. The molecular weight excluding hydrogens is 300 g/mol. The van der Waals surface area contributed by atoms with Crippen molar-refractivity contribution in [2.75, 3.05) is 6.54 Å². The lowest BCUT2D eigenvalue weighted by Crippen LogP contribution is -2.30. The van der Waals surface area contributed by atoms with Gasteiger partial charge in [0, 0.05) is 29.2 Å². The maximum atomic E-state index is 12.5. The van der Waals surface area contributed by atoms with Crippen molar-refractivity contribution in [1.82, 2.24) is 4.90 Å². The number of hydrogen-bond donors (Lipinski definition) is 1. The molecule has 114 valence electrons. The predicted octanol–water partition coefficient (Wildman–Crippen LogP) is 3.10. The number of rotatable bonds is 5. The molecule has 0 aliphatic heterocycles. The van der Waals surface area contributed by atoms with Gasteiger partial charge in [0.25, 0.3) is 5.91 Å². The van der Waals surface area contributed by atoms with Crippen LogP contribution in [0.2, 0.25) is 5.02 Å². The van der Waals surface area contributed by atoms with E-state index in [1.165, 1.54) is 0 Å². The van der Waals surface area contributed by atoms with E-state index < -0.39 is 5.91 Å². The smallest absolute Gasteiger partial charge is 0.254 e. The molecule has 2 rings (SSSR count). The van der Waals surface area contributed by atoms with Crippen molar-refractivity contribution >= 4 is 23.4 Å². The highest BCUT2D eigenvalue weighted by Crippen LogP contribution is 2.18. The van der Waals surface area contributed by atoms with Gasteiger partial charge in [-0.15, -0.1) is 0 Å². The van der Waals surface area contributed by atoms with Crippen LogP contribution in [0.5, 0.6) is 0 Å². The molecule has 0 radical (unpaired) electrons. The molecule has 0 aromatic heterocycles. The van der Waals surface area contributed by atoms with Gasteiger partial charge in [-0.05, 0) is 42.8 Å². The second-order valence-electron chi connectivity index (χ2n) is 4.85. The molecule has 0 fully saturated rings. The number of nitrogens with zero attached hydrogens (tertiary/aromatic N) is 1. The second kappa shape index (κ2) is 7.09. The fraction of sp³-hybridized carbons (Fsp3) is 0.176. The molecule has 2 aromatic carbocycles. The maximum Gasteiger partial charge on any atom is 0.254 e. The van der Waals surface area contributed by atoms with Crippen LogP contribution in [0.4, 0.5) is 0 Å². The molecule has 2 aromatic rings. The number of carbonyl (C=O) groups is 2. The van der Waals surface area contributed by atoms with Gasteiger partial charge in [0.2, 0.25) is 5.91 Å². The van der Waals surface area contributed by atoms with Gasteiger partial charge >= 0.3 is 0 Å². The van der Waals surface area contributed by atoms with Crippen LogP contribution in [0.15, 0.2) is 48.5 Å². The van der Waals surface area contributed by atoms with Crippen LogP contribution >= 0.6 is 11.6 Å². The number of benzene rings is 2. The summed E-state index contributed by atoms with van der Waals surface area (Å²) < 4.78 is 0. The highest BCUT2D eigenvalue weighted by Gasteiger charge is 2.16. The number of hydrogen-bond acceptors (Lipinski definition) is 2. The molecule has 0 aliphatic carbocycles. The molecule has 0 bridgehead atoms. The highest BCUT2D eigenvalue weighted by molar-refractivity contribution is 6.31. The Hall–Kier alpha value is -2.33. The molecule has 2 amide bonds. The van der Waals surface area contributed by atoms with Crippen LogP contribution < -0.4 is 5.73 Å². The van der Waals surface area contributed by atoms with E-state index in [2.05, 4.69) is 0 Å². The Kier molecular flexibility index (Phi) is 5.17. The lowest BCUT2D eigenvalue weighted by molar-refractivity contribution is 0.0752. The average molecular weight is 317 g/mol. The van der Waals surface area contributed by atoms with Gasteiger partial charge in [0.15, 0.2) is 0 Å². The molecule has 2 N–H and O–H groups in total. The Balaban J connectivity index is 2.18. The summed E-state index contributed by atoms with van der Waals surface area (Å²) in [6.45, 7) is 2.90. The van der Waals surface area contributed by atoms with E-state index in [1.54, 1.807) is 35.2 Å². The van der Waals surface area contributed by atoms with Crippen molar-refractivity contribution in [2.45, 2.75) is 13.5 Å². The first kappa shape index (κ1) is 16.0. The first-order chi connectivity index (χ1) is 10.5. The quantitative estimate of drug-likeness (QED) is 0.921. The van der Waals surface area contributed by atoms with Gasteiger partial charge in [-0.25, -0.2) is 0 Å². The topological polar surface area (TPSA) is 63.4 Å². The summed E-state index contributed by atoms with van der Waals surface area (Å²) in [6, 6.07) is 13.8. The predicted molar refractivity (Wildman–Crippen MR) is 86.8 cm³/mol. The van der Waals surface area contributed by atoms with Crippen molar-refractivity contribution in [1.29, 1.82) is 0 Å². The van der Waals surface area contributed by atoms with Gasteiger partial charge < -0.3 is 10.6 Å². The molecule has 0 saturated carbocycles. The molecule has 5 heteroatoms. The third-order valence-electron chi connectivity index (χ3n) is 3.40. The Morgan fingerprint density at radius 2 is 1.64 bits per heavy atom. The molecule has 4 nitrogen and oxygen atoms in total. The van der Waals surface area contributed by atoms with E-state index in [0.717, 1.165) is 5.56 Å². The van der Waals surface area contributed by atoms with E-state index in [-0.39, 0.29) is 5.91 Å². The van der Waals surface area contributed by atoms with Crippen LogP contribution in [-0.2, 0) is 6.54 Å². The number of amides is 2. The molecule has 0 aliphatic rings. The third kappa shape index (κ3) is 3.65. The summed E-state index contributed by atoms with van der Waals surface area (Å²) in [5.41, 5.74) is 6.99. The zero-order valence-corrected chi connectivity index (χ0v) is 13.0. The van der Waals surface area contributed by atoms with E-state index in [9.17, 15) is 9.59 Å². The molecule has 0 saturated heterocycles. The minimum absolute atomic E-state index is 0.113. The Morgan fingerprint density at radius 3 is 2.18 bits per heavy atom. The maximum absolute atomic E-state index is 12.5. The van der Waals surface area contributed by atoms with E-state index in [0.29, 0.717) is 29.2 Å². The Morgan fingerprint density at radius 1 is 1.05 bits per heavy atom. The largest absolute Gasteiger partial charge is 0.366 e. The lowest BCUT2D eigenvalue weighted by atomic mass is 10.1. The van der Waals surface area contributed by atoms with Crippen molar-refractivity contribution in [3.63, 3.8) is 0 Å². The highest BCUT2D eigenvalue weighted by atomic mass is 35.5. The van der Waals surface area contributed by atoms with Crippen molar-refractivity contribution in [2.24, 2.45) is 5.73 Å². The number of carbonyl (C=O) groups excluding carboxylic acids is 2. The fourth-order valence-electron chi connectivity index (χ4n) is 2.12. The monoisotopic (exact) mass is 316 g/mol. The summed E-state index contributed by atoms with van der Waals surface area (Å²) in [4.78, 5) is 25.3. The fourth-order valence-corrected chi connectivity index (χ4v) is 2.31. The lowest BCUT2D eigenvalue weighted by Gasteiger charge is -2.21. The first-order valence-corrected chi connectivity index (χ1v) is 7.33. The number of halogens is 1. The van der Waals surface area contributed by atoms with Crippen LogP contribution in [0.3, 0.4) is 0 Å². The summed E-state index contributed by atoms with van der Waals surface area (Å²) >= 11 is 6.14. The van der Waals surface area contributed by atoms with E-state index >= 15 is 0 Å². The molecule has 0 heterocycles. The van der Waals surface area contributed by atoms with Crippen LogP contribution in [0.1, 0.15) is 33.2 Å². The molecule has 0 atom stereocenters. The van der Waals surface area contributed by atoms with Crippen molar-refractivity contribution in [3.8, 4) is 0 Å². The molecule has 0 spiro atoms. The van der Waals surface area contributed by atoms with Gasteiger partial charge in [0.05, 0.1) is 0 Å². The van der Waals surface area contributed by atoms with Gasteiger partial charge in [-0.3, -0.25) is 9.59 Å². The van der Waals surface area contributed by atoms with Gasteiger partial charge in [-0.2, -0.15) is 0 Å².